The van der Waals surface area contributed by atoms with Gasteiger partial charge in [0.25, 0.3) is 5.91 Å². The summed E-state index contributed by atoms with van der Waals surface area (Å²) in [5.74, 6) is 0.710. The number of anilines is 1. The first-order chi connectivity index (χ1) is 14.7. The summed E-state index contributed by atoms with van der Waals surface area (Å²) in [4.78, 5) is 21.4. The molecular formula is C21H13ClN6O2. The van der Waals surface area contributed by atoms with Gasteiger partial charge >= 0.3 is 0 Å². The number of pyridine rings is 1. The van der Waals surface area contributed by atoms with Crippen molar-refractivity contribution in [2.75, 3.05) is 5.32 Å². The Morgan fingerprint density at radius 3 is 2.57 bits per heavy atom. The van der Waals surface area contributed by atoms with Crippen LogP contribution >= 0.6 is 11.6 Å². The van der Waals surface area contributed by atoms with Gasteiger partial charge in [0, 0.05) is 16.3 Å². The maximum absolute atomic E-state index is 12.6. The fourth-order valence-corrected chi connectivity index (χ4v) is 3.09. The largest absolute Gasteiger partial charge is 0.436 e. The second kappa shape index (κ2) is 7.41. The molecule has 0 saturated heterocycles. The highest BCUT2D eigenvalue weighted by Gasteiger charge is 2.11. The first-order valence-corrected chi connectivity index (χ1v) is 9.33. The summed E-state index contributed by atoms with van der Waals surface area (Å²) in [6.07, 6.45) is 3.03. The van der Waals surface area contributed by atoms with E-state index in [4.69, 9.17) is 16.0 Å². The van der Waals surface area contributed by atoms with Crippen molar-refractivity contribution < 1.29 is 9.21 Å². The van der Waals surface area contributed by atoms with Gasteiger partial charge < -0.3 is 9.73 Å². The minimum Gasteiger partial charge on any atom is -0.436 e. The quantitative estimate of drug-likeness (QED) is 0.467. The van der Waals surface area contributed by atoms with Crippen LogP contribution in [0.1, 0.15) is 10.5 Å². The molecule has 30 heavy (non-hydrogen) atoms. The van der Waals surface area contributed by atoms with Gasteiger partial charge in [-0.1, -0.05) is 17.7 Å². The summed E-state index contributed by atoms with van der Waals surface area (Å²) in [5.41, 5.74) is 3.04. The van der Waals surface area contributed by atoms with E-state index in [1.165, 1.54) is 12.7 Å². The van der Waals surface area contributed by atoms with E-state index in [2.05, 4.69) is 25.5 Å². The SMILES string of the molecule is O=C(Nc1ccc(-c2nc3cc(Cl)ccc3o2)cc1)c1cccc(-n2cnnc2)n1. The number of oxazole rings is 1. The predicted molar refractivity (Wildman–Crippen MR) is 112 cm³/mol. The van der Waals surface area contributed by atoms with Gasteiger partial charge in [-0.2, -0.15) is 0 Å². The molecule has 9 heteroatoms. The number of aromatic nitrogens is 5. The zero-order valence-electron chi connectivity index (χ0n) is 15.4. The first kappa shape index (κ1) is 18.0. The second-order valence-electron chi connectivity index (χ2n) is 6.41. The lowest BCUT2D eigenvalue weighted by molar-refractivity contribution is 0.102. The predicted octanol–water partition coefficient (Wildman–Crippen LogP) is 4.38. The number of carbonyl (C=O) groups is 1. The topological polar surface area (TPSA) is 98.7 Å². The molecule has 5 rings (SSSR count). The second-order valence-corrected chi connectivity index (χ2v) is 6.85. The van der Waals surface area contributed by atoms with Crippen molar-refractivity contribution in [1.82, 2.24) is 24.7 Å². The molecule has 0 bridgehead atoms. The number of carbonyl (C=O) groups excluding carboxylic acids is 1. The Kier molecular flexibility index (Phi) is 4.45. The van der Waals surface area contributed by atoms with Gasteiger partial charge in [-0.05, 0) is 54.6 Å². The summed E-state index contributed by atoms with van der Waals surface area (Å²) in [6.45, 7) is 0. The highest BCUT2D eigenvalue weighted by atomic mass is 35.5. The molecule has 0 radical (unpaired) electrons. The summed E-state index contributed by atoms with van der Waals surface area (Å²) in [5, 5.41) is 10.9. The van der Waals surface area contributed by atoms with E-state index in [-0.39, 0.29) is 11.6 Å². The minimum absolute atomic E-state index is 0.279. The number of nitrogens with one attached hydrogen (secondary N) is 1. The molecule has 0 aliphatic rings. The van der Waals surface area contributed by atoms with Crippen molar-refractivity contribution >= 4 is 34.3 Å². The monoisotopic (exact) mass is 416 g/mol. The van der Waals surface area contributed by atoms with Crippen LogP contribution in [0.4, 0.5) is 5.69 Å². The number of nitrogens with zero attached hydrogens (tertiary/aromatic N) is 5. The zero-order chi connectivity index (χ0) is 20.5. The molecule has 0 atom stereocenters. The maximum Gasteiger partial charge on any atom is 0.274 e. The van der Waals surface area contributed by atoms with Gasteiger partial charge in [0.05, 0.1) is 0 Å². The van der Waals surface area contributed by atoms with Gasteiger partial charge in [0.2, 0.25) is 5.89 Å². The van der Waals surface area contributed by atoms with Gasteiger partial charge in [0.1, 0.15) is 29.7 Å². The summed E-state index contributed by atoms with van der Waals surface area (Å²) >= 11 is 6.00. The molecule has 3 aromatic heterocycles. The Labute approximate surface area is 175 Å². The maximum atomic E-state index is 12.6. The molecule has 1 amide bonds. The lowest BCUT2D eigenvalue weighted by Gasteiger charge is -2.07. The Bertz CT molecular complexity index is 1350. The molecule has 0 aliphatic heterocycles. The molecule has 146 valence electrons. The fourth-order valence-electron chi connectivity index (χ4n) is 2.93. The van der Waals surface area contributed by atoms with Crippen molar-refractivity contribution in [3.05, 3.63) is 84.0 Å². The molecule has 0 fully saturated rings. The Hall–Kier alpha value is -4.04. The molecule has 5 aromatic rings. The van der Waals surface area contributed by atoms with Crippen LogP contribution in [0.5, 0.6) is 0 Å². The van der Waals surface area contributed by atoms with Crippen LogP contribution in [0.3, 0.4) is 0 Å². The molecular weight excluding hydrogens is 404 g/mol. The molecule has 3 heterocycles. The number of fused-ring (bicyclic) bond motifs is 1. The van der Waals surface area contributed by atoms with Crippen LogP contribution in [0.25, 0.3) is 28.4 Å². The summed E-state index contributed by atoms with van der Waals surface area (Å²) in [6, 6.07) is 17.6. The van der Waals surface area contributed by atoms with Crippen LogP contribution < -0.4 is 5.32 Å². The third kappa shape index (κ3) is 3.51. The summed E-state index contributed by atoms with van der Waals surface area (Å²) < 4.78 is 7.39. The third-order valence-corrected chi connectivity index (χ3v) is 4.62. The van der Waals surface area contributed by atoms with Crippen LogP contribution in [-0.4, -0.2) is 30.6 Å². The number of hydrogen-bond acceptors (Lipinski definition) is 6. The van der Waals surface area contributed by atoms with E-state index >= 15 is 0 Å². The smallest absolute Gasteiger partial charge is 0.274 e. The Morgan fingerprint density at radius 1 is 0.967 bits per heavy atom. The molecule has 0 spiro atoms. The normalized spacial score (nSPS) is 11.0. The average molecular weight is 417 g/mol. The van der Waals surface area contributed by atoms with Crippen molar-refractivity contribution in [3.63, 3.8) is 0 Å². The lowest BCUT2D eigenvalue weighted by Crippen LogP contribution is -2.14. The molecule has 0 unspecified atom stereocenters. The van der Waals surface area contributed by atoms with E-state index < -0.39 is 0 Å². The van der Waals surface area contributed by atoms with Gasteiger partial charge in [0.15, 0.2) is 5.58 Å². The number of amides is 1. The molecule has 2 aromatic carbocycles. The average Bonchev–Trinajstić information content (AvgIpc) is 3.44. The summed E-state index contributed by atoms with van der Waals surface area (Å²) in [7, 11) is 0. The fraction of sp³-hybridized carbons (Fsp3) is 0. The van der Waals surface area contributed by atoms with Crippen molar-refractivity contribution in [2.45, 2.75) is 0 Å². The number of halogens is 1. The van der Waals surface area contributed by atoms with Crippen molar-refractivity contribution in [3.8, 4) is 17.3 Å². The van der Waals surface area contributed by atoms with Crippen LogP contribution in [0, 0.1) is 0 Å². The van der Waals surface area contributed by atoms with E-state index in [1.807, 2.05) is 12.1 Å². The Balaban J connectivity index is 1.34. The lowest BCUT2D eigenvalue weighted by atomic mass is 10.2. The van der Waals surface area contributed by atoms with E-state index in [0.717, 1.165) is 5.56 Å². The molecule has 0 aliphatic carbocycles. The van der Waals surface area contributed by atoms with E-state index in [1.54, 1.807) is 53.1 Å². The van der Waals surface area contributed by atoms with Crippen LogP contribution in [0.15, 0.2) is 77.7 Å². The van der Waals surface area contributed by atoms with Crippen molar-refractivity contribution in [1.29, 1.82) is 0 Å². The highest BCUT2D eigenvalue weighted by Crippen LogP contribution is 2.27. The van der Waals surface area contributed by atoms with Gasteiger partial charge in [-0.3, -0.25) is 9.36 Å². The number of rotatable bonds is 4. The van der Waals surface area contributed by atoms with Crippen LogP contribution in [0.2, 0.25) is 5.02 Å². The third-order valence-electron chi connectivity index (χ3n) is 4.39. The highest BCUT2D eigenvalue weighted by molar-refractivity contribution is 6.31. The molecule has 1 N–H and O–H groups in total. The van der Waals surface area contributed by atoms with Crippen molar-refractivity contribution in [2.24, 2.45) is 0 Å². The number of benzene rings is 2. The van der Waals surface area contributed by atoms with Gasteiger partial charge in [-0.15, -0.1) is 10.2 Å². The van der Waals surface area contributed by atoms with Gasteiger partial charge in [-0.25, -0.2) is 9.97 Å². The molecule has 0 saturated carbocycles. The number of hydrogen-bond donors (Lipinski definition) is 1. The molecule has 8 nitrogen and oxygen atoms in total. The zero-order valence-corrected chi connectivity index (χ0v) is 16.1. The van der Waals surface area contributed by atoms with Crippen LogP contribution in [-0.2, 0) is 0 Å². The van der Waals surface area contributed by atoms with E-state index in [9.17, 15) is 4.79 Å². The van der Waals surface area contributed by atoms with E-state index in [0.29, 0.717) is 33.5 Å². The first-order valence-electron chi connectivity index (χ1n) is 8.96. The minimum atomic E-state index is -0.325. The standard InChI is InChI=1S/C21H13ClN6O2/c22-14-6-9-18-17(10-14)27-21(30-18)13-4-7-15(8-5-13)25-20(29)16-2-1-3-19(26-16)28-11-23-24-12-28/h1-12H,(H,25,29). The Morgan fingerprint density at radius 2 is 1.77 bits per heavy atom.